The molecular weight excluding hydrogens is 281 g/mol. The van der Waals surface area contributed by atoms with E-state index in [4.69, 9.17) is 24.5 Å². The summed E-state index contributed by atoms with van der Waals surface area (Å²) >= 11 is 0. The molecule has 1 aromatic rings. The summed E-state index contributed by atoms with van der Waals surface area (Å²) < 4.78 is 23.1. The van der Waals surface area contributed by atoms with E-state index < -0.39 is 24.3 Å². The summed E-state index contributed by atoms with van der Waals surface area (Å²) in [7, 11) is 2.68. The van der Waals surface area contributed by atoms with Crippen LogP contribution in [0.3, 0.4) is 0 Å². The van der Waals surface area contributed by atoms with Crippen LogP contribution in [-0.4, -0.2) is 32.5 Å². The second-order valence-electron chi connectivity index (χ2n) is 6.73. The third-order valence-corrected chi connectivity index (χ3v) is 4.59. The van der Waals surface area contributed by atoms with Crippen molar-refractivity contribution in [2.24, 2.45) is 5.73 Å². The van der Waals surface area contributed by atoms with E-state index in [-0.39, 0.29) is 0 Å². The van der Waals surface area contributed by atoms with Crippen molar-refractivity contribution in [1.82, 2.24) is 0 Å². The first kappa shape index (κ1) is 17.1. The number of hydrogen-bond donors (Lipinski definition) is 1. The molecule has 1 heterocycles. The van der Waals surface area contributed by atoms with Gasteiger partial charge in [-0.05, 0) is 52.3 Å². The molecule has 0 unspecified atom stereocenters. The van der Waals surface area contributed by atoms with Gasteiger partial charge in [-0.1, -0.05) is 0 Å². The van der Waals surface area contributed by atoms with Crippen LogP contribution in [0, 0.1) is 6.92 Å². The molecule has 22 heavy (non-hydrogen) atoms. The smallest absolute Gasteiger partial charge is 0.480 e. The van der Waals surface area contributed by atoms with Gasteiger partial charge in [-0.2, -0.15) is 0 Å². The van der Waals surface area contributed by atoms with Gasteiger partial charge < -0.3 is 24.5 Å². The topological polar surface area (TPSA) is 62.9 Å². The van der Waals surface area contributed by atoms with Gasteiger partial charge in [0.1, 0.15) is 11.5 Å². The van der Waals surface area contributed by atoms with Crippen LogP contribution in [0.15, 0.2) is 12.1 Å². The second kappa shape index (κ2) is 5.76. The van der Waals surface area contributed by atoms with Crippen LogP contribution >= 0.6 is 0 Å². The van der Waals surface area contributed by atoms with Gasteiger partial charge in [0.2, 0.25) is 0 Å². The Kier molecular flexibility index (Phi) is 4.48. The molecule has 5 nitrogen and oxygen atoms in total. The molecule has 0 spiro atoms. The van der Waals surface area contributed by atoms with Crippen molar-refractivity contribution < 1.29 is 18.8 Å². The van der Waals surface area contributed by atoms with Gasteiger partial charge in [-0.15, -0.1) is 0 Å². The third-order valence-electron chi connectivity index (χ3n) is 4.59. The highest BCUT2D eigenvalue weighted by Gasteiger charge is 2.54. The molecule has 0 bridgehead atoms. The van der Waals surface area contributed by atoms with Crippen molar-refractivity contribution in [3.05, 3.63) is 23.3 Å². The summed E-state index contributed by atoms with van der Waals surface area (Å²) in [6.45, 7) is 9.99. The first-order chi connectivity index (χ1) is 10.1. The molecule has 1 aliphatic rings. The van der Waals surface area contributed by atoms with E-state index in [0.717, 1.165) is 11.1 Å². The van der Waals surface area contributed by atoms with E-state index in [2.05, 4.69) is 0 Å². The van der Waals surface area contributed by atoms with Crippen LogP contribution < -0.4 is 15.2 Å². The Bertz CT molecular complexity index is 518. The van der Waals surface area contributed by atoms with Gasteiger partial charge in [-0.3, -0.25) is 0 Å². The Hall–Kier alpha value is -1.24. The summed E-state index contributed by atoms with van der Waals surface area (Å²) in [5, 5.41) is 0. The number of methoxy groups -OCH3 is 2. The molecule has 122 valence electrons. The zero-order valence-corrected chi connectivity index (χ0v) is 14.5. The summed E-state index contributed by atoms with van der Waals surface area (Å²) in [6.07, 6.45) is 0. The highest BCUT2D eigenvalue weighted by Crippen LogP contribution is 2.43. The Morgan fingerprint density at radius 2 is 1.41 bits per heavy atom. The Morgan fingerprint density at radius 3 is 1.77 bits per heavy atom. The molecule has 1 aromatic carbocycles. The quantitative estimate of drug-likeness (QED) is 0.866. The third kappa shape index (κ3) is 2.83. The van der Waals surface area contributed by atoms with Gasteiger partial charge in [0.15, 0.2) is 0 Å². The van der Waals surface area contributed by atoms with Gasteiger partial charge in [-0.25, -0.2) is 0 Å². The highest BCUT2D eigenvalue weighted by molar-refractivity contribution is 6.47. The van der Waals surface area contributed by atoms with E-state index in [1.807, 2.05) is 46.8 Å². The lowest BCUT2D eigenvalue weighted by molar-refractivity contribution is 0.00578. The predicted octanol–water partition coefficient (Wildman–Crippen LogP) is 2.64. The van der Waals surface area contributed by atoms with Crippen LogP contribution in [0.2, 0.25) is 0 Å². The Morgan fingerprint density at radius 1 is 1.00 bits per heavy atom. The van der Waals surface area contributed by atoms with Crippen molar-refractivity contribution in [2.75, 3.05) is 14.2 Å². The largest absolute Gasteiger partial charge is 0.496 e. The fourth-order valence-electron chi connectivity index (χ4n) is 2.57. The lowest BCUT2D eigenvalue weighted by atomic mass is 9.74. The highest BCUT2D eigenvalue weighted by atomic mass is 16.7. The van der Waals surface area contributed by atoms with Crippen molar-refractivity contribution in [3.8, 4) is 11.5 Å². The summed E-state index contributed by atoms with van der Waals surface area (Å²) in [5.41, 5.74) is 7.37. The van der Waals surface area contributed by atoms with Crippen LogP contribution in [0.5, 0.6) is 11.5 Å². The van der Waals surface area contributed by atoms with Gasteiger partial charge in [0.25, 0.3) is 0 Å². The number of aryl methyl sites for hydroxylation is 1. The van der Waals surface area contributed by atoms with Crippen LogP contribution in [0.25, 0.3) is 0 Å². The molecule has 0 saturated carbocycles. The number of hydrogen-bond acceptors (Lipinski definition) is 5. The number of benzene rings is 1. The van der Waals surface area contributed by atoms with E-state index >= 15 is 0 Å². The summed E-state index contributed by atoms with van der Waals surface area (Å²) in [4.78, 5) is 0. The molecule has 0 amide bonds. The summed E-state index contributed by atoms with van der Waals surface area (Å²) in [5.74, 6) is 0.852. The fraction of sp³-hybridized carbons (Fsp3) is 0.625. The molecular formula is C16H26BNO4. The Labute approximate surface area is 133 Å². The second-order valence-corrected chi connectivity index (χ2v) is 6.73. The zero-order chi connectivity index (χ0) is 16.7. The first-order valence-electron chi connectivity index (χ1n) is 7.46. The molecule has 0 aliphatic carbocycles. The predicted molar refractivity (Wildman–Crippen MR) is 87.3 cm³/mol. The number of rotatable bonds is 4. The van der Waals surface area contributed by atoms with E-state index in [9.17, 15) is 0 Å². The Balaban J connectivity index is 2.40. The van der Waals surface area contributed by atoms with E-state index in [1.54, 1.807) is 14.2 Å². The minimum Gasteiger partial charge on any atom is -0.496 e. The van der Waals surface area contributed by atoms with E-state index in [1.165, 1.54) is 0 Å². The molecule has 1 atom stereocenters. The fourth-order valence-corrected chi connectivity index (χ4v) is 2.57. The first-order valence-corrected chi connectivity index (χ1v) is 7.46. The van der Waals surface area contributed by atoms with Gasteiger partial charge in [0, 0.05) is 0 Å². The number of nitrogens with two attached hydrogens (primary N) is 1. The monoisotopic (exact) mass is 307 g/mol. The van der Waals surface area contributed by atoms with Crippen LogP contribution in [0.4, 0.5) is 0 Å². The number of ether oxygens (including phenoxy) is 2. The van der Waals surface area contributed by atoms with Crippen molar-refractivity contribution >= 4 is 7.12 Å². The SMILES string of the molecule is COc1cc(C)cc(OC)c1[C@H](N)B1OC(C)(C)C(C)(C)O1. The summed E-state index contributed by atoms with van der Waals surface area (Å²) in [6, 6.07) is 3.87. The normalized spacial score (nSPS) is 20.8. The molecule has 0 radical (unpaired) electrons. The van der Waals surface area contributed by atoms with Gasteiger partial charge >= 0.3 is 7.12 Å². The average molecular weight is 307 g/mol. The lowest BCUT2D eigenvalue weighted by Gasteiger charge is -2.32. The molecule has 2 N–H and O–H groups in total. The molecule has 1 fully saturated rings. The van der Waals surface area contributed by atoms with Gasteiger partial charge in [0.05, 0.1) is 36.9 Å². The standard InChI is InChI=1S/C16H26BNO4/c1-10-8-11(19-6)13(12(9-10)20-7)14(18)17-21-15(2,3)16(4,5)22-17/h8-9,14H,18H2,1-7H3/t14-/m0/s1. The van der Waals surface area contributed by atoms with Crippen LogP contribution in [0.1, 0.15) is 44.8 Å². The van der Waals surface area contributed by atoms with Crippen molar-refractivity contribution in [3.63, 3.8) is 0 Å². The average Bonchev–Trinajstić information content (AvgIpc) is 2.65. The maximum Gasteiger partial charge on any atom is 0.480 e. The lowest BCUT2D eigenvalue weighted by Crippen LogP contribution is -2.41. The van der Waals surface area contributed by atoms with Crippen molar-refractivity contribution in [2.45, 2.75) is 51.8 Å². The van der Waals surface area contributed by atoms with Crippen molar-refractivity contribution in [1.29, 1.82) is 0 Å². The maximum atomic E-state index is 6.44. The molecule has 0 aromatic heterocycles. The molecule has 1 saturated heterocycles. The minimum absolute atomic E-state index is 0.430. The maximum absolute atomic E-state index is 6.44. The zero-order valence-electron chi connectivity index (χ0n) is 14.5. The molecule has 6 heteroatoms. The van der Waals surface area contributed by atoms with E-state index in [0.29, 0.717) is 11.5 Å². The molecule has 2 rings (SSSR count). The minimum atomic E-state index is -0.560. The molecule has 1 aliphatic heterocycles. The van der Waals surface area contributed by atoms with Crippen LogP contribution in [-0.2, 0) is 9.31 Å².